The van der Waals surface area contributed by atoms with Gasteiger partial charge in [-0.25, -0.2) is 8.78 Å². The van der Waals surface area contributed by atoms with Gasteiger partial charge < -0.3 is 5.32 Å². The minimum absolute atomic E-state index is 0.191. The van der Waals surface area contributed by atoms with E-state index in [1.54, 1.807) is 0 Å². The van der Waals surface area contributed by atoms with Gasteiger partial charge in [0.05, 0.1) is 5.69 Å². The van der Waals surface area contributed by atoms with E-state index in [2.05, 4.69) is 26.1 Å². The highest BCUT2D eigenvalue weighted by molar-refractivity contribution is 5.44. The Morgan fingerprint density at radius 3 is 2.47 bits per heavy atom. The fourth-order valence-corrected chi connectivity index (χ4v) is 1.21. The molecule has 0 aliphatic heterocycles. The van der Waals surface area contributed by atoms with Crippen LogP contribution in [0.4, 0.5) is 14.5 Å². The van der Waals surface area contributed by atoms with E-state index >= 15 is 0 Å². The van der Waals surface area contributed by atoms with Crippen molar-refractivity contribution in [3.8, 4) is 0 Å². The third-order valence-corrected chi connectivity index (χ3v) is 2.12. The summed E-state index contributed by atoms with van der Waals surface area (Å²) in [7, 11) is 0. The Bertz CT molecular complexity index is 329. The summed E-state index contributed by atoms with van der Waals surface area (Å²) >= 11 is 0. The summed E-state index contributed by atoms with van der Waals surface area (Å²) in [6, 6.07) is 3.43. The second kappa shape index (κ2) is 4.60. The maximum Gasteiger partial charge on any atom is 0.146 e. The lowest BCUT2D eigenvalue weighted by Gasteiger charge is -2.18. The number of benzene rings is 1. The molecule has 3 heteroatoms. The molecule has 0 saturated carbocycles. The molecule has 1 aromatic carbocycles. The van der Waals surface area contributed by atoms with Crippen LogP contribution in [-0.4, -0.2) is 6.54 Å². The largest absolute Gasteiger partial charge is 0.383 e. The van der Waals surface area contributed by atoms with Crippen LogP contribution in [0.5, 0.6) is 0 Å². The Morgan fingerprint density at radius 1 is 1.20 bits per heavy atom. The fourth-order valence-electron chi connectivity index (χ4n) is 1.21. The van der Waals surface area contributed by atoms with Crippen molar-refractivity contribution in [1.82, 2.24) is 0 Å². The van der Waals surface area contributed by atoms with Crippen molar-refractivity contribution in [2.24, 2.45) is 5.41 Å². The predicted octanol–water partition coefficient (Wildman–Crippen LogP) is 3.81. The van der Waals surface area contributed by atoms with Gasteiger partial charge in [0.1, 0.15) is 11.6 Å². The number of halogens is 2. The number of hydrogen-bond donors (Lipinski definition) is 1. The lowest BCUT2D eigenvalue weighted by atomic mass is 9.92. The zero-order chi connectivity index (χ0) is 11.5. The maximum atomic E-state index is 13.2. The molecule has 84 valence electrons. The van der Waals surface area contributed by atoms with Gasteiger partial charge in [-0.3, -0.25) is 0 Å². The molecule has 0 amide bonds. The maximum absolute atomic E-state index is 13.2. The quantitative estimate of drug-likeness (QED) is 0.805. The van der Waals surface area contributed by atoms with Gasteiger partial charge in [-0.15, -0.1) is 0 Å². The zero-order valence-corrected chi connectivity index (χ0v) is 9.40. The van der Waals surface area contributed by atoms with Gasteiger partial charge in [0.15, 0.2) is 0 Å². The third kappa shape index (κ3) is 4.28. The third-order valence-electron chi connectivity index (χ3n) is 2.12. The smallest absolute Gasteiger partial charge is 0.146 e. The number of hydrogen-bond acceptors (Lipinski definition) is 1. The van der Waals surface area contributed by atoms with Crippen molar-refractivity contribution in [3.63, 3.8) is 0 Å². The molecule has 1 nitrogen and oxygen atoms in total. The van der Waals surface area contributed by atoms with E-state index in [1.165, 1.54) is 6.07 Å². The predicted molar refractivity (Wildman–Crippen MR) is 58.9 cm³/mol. The molecular formula is C12H17F2N. The number of nitrogens with one attached hydrogen (secondary N) is 1. The molecule has 0 saturated heterocycles. The van der Waals surface area contributed by atoms with E-state index < -0.39 is 11.6 Å². The second-order valence-corrected chi connectivity index (χ2v) is 4.86. The molecule has 0 radical (unpaired) electrons. The standard InChI is InChI=1S/C12H17F2N/c1-12(2,3)6-7-15-11-8-9(13)4-5-10(11)14/h4-5,8,15H,6-7H2,1-3H3. The van der Waals surface area contributed by atoms with Gasteiger partial charge >= 0.3 is 0 Å². The molecule has 0 unspecified atom stereocenters. The molecule has 0 bridgehead atoms. The molecule has 0 aliphatic carbocycles. The highest BCUT2D eigenvalue weighted by Crippen LogP contribution is 2.20. The van der Waals surface area contributed by atoms with E-state index in [1.807, 2.05) is 0 Å². The molecule has 0 aromatic heterocycles. The molecule has 0 aliphatic rings. The van der Waals surface area contributed by atoms with Crippen molar-refractivity contribution < 1.29 is 8.78 Å². The minimum Gasteiger partial charge on any atom is -0.383 e. The van der Waals surface area contributed by atoms with Crippen LogP contribution >= 0.6 is 0 Å². The van der Waals surface area contributed by atoms with E-state index in [0.717, 1.165) is 18.6 Å². The van der Waals surface area contributed by atoms with Crippen molar-refractivity contribution in [1.29, 1.82) is 0 Å². The highest BCUT2D eigenvalue weighted by atomic mass is 19.1. The van der Waals surface area contributed by atoms with E-state index in [9.17, 15) is 8.78 Å². The van der Waals surface area contributed by atoms with Gasteiger partial charge in [-0.05, 0) is 30.0 Å². The molecule has 0 atom stereocenters. The van der Waals surface area contributed by atoms with Gasteiger partial charge in [-0.2, -0.15) is 0 Å². The highest BCUT2D eigenvalue weighted by Gasteiger charge is 2.10. The summed E-state index contributed by atoms with van der Waals surface area (Å²) in [4.78, 5) is 0. The molecule has 0 spiro atoms. The summed E-state index contributed by atoms with van der Waals surface area (Å²) < 4.78 is 26.0. The first-order chi connectivity index (χ1) is 6.88. The van der Waals surface area contributed by atoms with Crippen molar-refractivity contribution in [3.05, 3.63) is 29.8 Å². The van der Waals surface area contributed by atoms with Crippen LogP contribution in [0.3, 0.4) is 0 Å². The van der Waals surface area contributed by atoms with Gasteiger partial charge in [0.25, 0.3) is 0 Å². The second-order valence-electron chi connectivity index (χ2n) is 4.86. The summed E-state index contributed by atoms with van der Waals surface area (Å²) in [5.41, 5.74) is 0.427. The topological polar surface area (TPSA) is 12.0 Å². The zero-order valence-electron chi connectivity index (χ0n) is 9.40. The van der Waals surface area contributed by atoms with Crippen LogP contribution in [0.15, 0.2) is 18.2 Å². The molecule has 0 fully saturated rings. The number of anilines is 1. The average Bonchev–Trinajstić information content (AvgIpc) is 2.09. The summed E-state index contributed by atoms with van der Waals surface area (Å²) in [6.45, 7) is 6.97. The fraction of sp³-hybridized carbons (Fsp3) is 0.500. The Morgan fingerprint density at radius 2 is 1.87 bits per heavy atom. The molecular weight excluding hydrogens is 196 g/mol. The molecule has 15 heavy (non-hydrogen) atoms. The van der Waals surface area contributed by atoms with Crippen molar-refractivity contribution >= 4 is 5.69 Å². The Hall–Kier alpha value is -1.12. The summed E-state index contributed by atoms with van der Waals surface area (Å²) in [5, 5.41) is 2.90. The minimum atomic E-state index is -0.422. The van der Waals surface area contributed by atoms with Crippen molar-refractivity contribution in [2.45, 2.75) is 27.2 Å². The first-order valence-corrected chi connectivity index (χ1v) is 5.07. The van der Waals surface area contributed by atoms with Gasteiger partial charge in [0, 0.05) is 6.54 Å². The van der Waals surface area contributed by atoms with E-state index in [4.69, 9.17) is 0 Å². The summed E-state index contributed by atoms with van der Waals surface area (Å²) in [5.74, 6) is -0.833. The van der Waals surface area contributed by atoms with Gasteiger partial charge in [0.2, 0.25) is 0 Å². The van der Waals surface area contributed by atoms with Crippen LogP contribution in [0.1, 0.15) is 27.2 Å². The molecule has 1 rings (SSSR count). The first-order valence-electron chi connectivity index (χ1n) is 5.07. The van der Waals surface area contributed by atoms with Crippen LogP contribution in [-0.2, 0) is 0 Å². The van der Waals surface area contributed by atoms with Crippen LogP contribution in [0.2, 0.25) is 0 Å². The average molecular weight is 213 g/mol. The Balaban J connectivity index is 2.54. The SMILES string of the molecule is CC(C)(C)CCNc1cc(F)ccc1F. The Labute approximate surface area is 89.5 Å². The van der Waals surface area contributed by atoms with Crippen molar-refractivity contribution in [2.75, 3.05) is 11.9 Å². The number of rotatable bonds is 3. The van der Waals surface area contributed by atoms with Gasteiger partial charge in [-0.1, -0.05) is 20.8 Å². The van der Waals surface area contributed by atoms with E-state index in [-0.39, 0.29) is 11.1 Å². The molecule has 0 heterocycles. The lowest BCUT2D eigenvalue weighted by Crippen LogP contribution is -2.13. The lowest BCUT2D eigenvalue weighted by molar-refractivity contribution is 0.389. The summed E-state index contributed by atoms with van der Waals surface area (Å²) in [6.07, 6.45) is 0.906. The van der Waals surface area contributed by atoms with Crippen LogP contribution < -0.4 is 5.32 Å². The molecule has 1 aromatic rings. The molecule has 1 N–H and O–H groups in total. The van der Waals surface area contributed by atoms with Crippen LogP contribution in [0.25, 0.3) is 0 Å². The monoisotopic (exact) mass is 213 g/mol. The Kier molecular flexibility index (Phi) is 3.66. The normalized spacial score (nSPS) is 11.5. The first kappa shape index (κ1) is 12.0. The van der Waals surface area contributed by atoms with Crippen LogP contribution in [0, 0.1) is 17.0 Å². The van der Waals surface area contributed by atoms with E-state index in [0.29, 0.717) is 6.54 Å².